The molecule has 2 N–H and O–H groups in total. The lowest BCUT2D eigenvalue weighted by molar-refractivity contribution is -0.117. The fourth-order valence-electron chi connectivity index (χ4n) is 2.19. The monoisotopic (exact) mass is 218 g/mol. The van der Waals surface area contributed by atoms with E-state index < -0.39 is 0 Å². The summed E-state index contributed by atoms with van der Waals surface area (Å²) >= 11 is 0. The summed E-state index contributed by atoms with van der Waals surface area (Å²) < 4.78 is 0. The van der Waals surface area contributed by atoms with Gasteiger partial charge in [0.05, 0.1) is 0 Å². The van der Waals surface area contributed by atoms with Crippen molar-refractivity contribution in [2.45, 2.75) is 32.2 Å². The summed E-state index contributed by atoms with van der Waals surface area (Å²) in [5, 5.41) is 0. The van der Waals surface area contributed by atoms with E-state index in [2.05, 4.69) is 19.9 Å². The van der Waals surface area contributed by atoms with Crippen LogP contribution in [-0.4, -0.2) is 18.5 Å². The Kier molecular flexibility index (Phi) is 2.97. The molecule has 1 aromatic carbocycles. The van der Waals surface area contributed by atoms with E-state index in [1.807, 2.05) is 23.1 Å². The van der Waals surface area contributed by atoms with Crippen LogP contribution in [0.1, 0.15) is 31.7 Å². The first kappa shape index (κ1) is 11.1. The van der Waals surface area contributed by atoms with Crippen LogP contribution in [0.25, 0.3) is 0 Å². The molecule has 0 saturated carbocycles. The minimum atomic E-state index is -0.0206. The number of hydrogen-bond donors (Lipinski definition) is 1. The van der Waals surface area contributed by atoms with Gasteiger partial charge in [-0.3, -0.25) is 4.79 Å². The van der Waals surface area contributed by atoms with Gasteiger partial charge in [0.1, 0.15) is 0 Å². The van der Waals surface area contributed by atoms with Crippen molar-refractivity contribution < 1.29 is 4.79 Å². The van der Waals surface area contributed by atoms with Crippen LogP contribution in [-0.2, 0) is 4.79 Å². The number of carbonyl (C=O) groups is 1. The smallest absolute Gasteiger partial charge is 0.228 e. The van der Waals surface area contributed by atoms with Crippen molar-refractivity contribution in [2.24, 2.45) is 5.73 Å². The summed E-state index contributed by atoms with van der Waals surface area (Å²) in [4.78, 5) is 13.6. The predicted octanol–water partition coefficient (Wildman–Crippen LogP) is 1.87. The molecule has 0 radical (unpaired) electrons. The maximum Gasteiger partial charge on any atom is 0.228 e. The first-order chi connectivity index (χ1) is 7.59. The molecule has 0 bridgehead atoms. The second kappa shape index (κ2) is 4.26. The molecule has 3 heteroatoms. The Labute approximate surface area is 96.2 Å². The van der Waals surface area contributed by atoms with Gasteiger partial charge in [-0.1, -0.05) is 32.0 Å². The van der Waals surface area contributed by atoms with Gasteiger partial charge in [-0.25, -0.2) is 0 Å². The maximum absolute atomic E-state index is 11.8. The lowest BCUT2D eigenvalue weighted by atomic mass is 10.0. The molecule has 0 aliphatic carbocycles. The van der Waals surface area contributed by atoms with E-state index in [4.69, 9.17) is 5.73 Å². The molecular formula is C13H18N2O. The minimum Gasteiger partial charge on any atom is -0.326 e. The molecule has 3 nitrogen and oxygen atoms in total. The van der Waals surface area contributed by atoms with Crippen LogP contribution in [0.4, 0.5) is 5.69 Å². The second-order valence-electron chi connectivity index (χ2n) is 4.68. The third-order valence-corrected chi connectivity index (χ3v) is 3.00. The average molecular weight is 218 g/mol. The number of benzene rings is 1. The number of anilines is 1. The Balaban J connectivity index is 2.36. The zero-order valence-corrected chi connectivity index (χ0v) is 9.81. The zero-order chi connectivity index (χ0) is 11.7. The molecule has 1 aliphatic rings. The molecule has 16 heavy (non-hydrogen) atoms. The minimum absolute atomic E-state index is 0.0206. The van der Waals surface area contributed by atoms with Gasteiger partial charge in [0, 0.05) is 24.7 Å². The maximum atomic E-state index is 11.8. The fourth-order valence-corrected chi connectivity index (χ4v) is 2.19. The van der Waals surface area contributed by atoms with Gasteiger partial charge in [-0.2, -0.15) is 0 Å². The molecule has 2 rings (SSSR count). The molecule has 0 spiro atoms. The molecule has 1 heterocycles. The highest BCUT2D eigenvalue weighted by atomic mass is 16.2. The highest BCUT2D eigenvalue weighted by molar-refractivity contribution is 5.97. The lowest BCUT2D eigenvalue weighted by Crippen LogP contribution is -2.28. The van der Waals surface area contributed by atoms with Crippen LogP contribution in [0, 0.1) is 0 Å². The second-order valence-corrected chi connectivity index (χ2v) is 4.68. The molecule has 1 amide bonds. The summed E-state index contributed by atoms with van der Waals surface area (Å²) in [6.07, 6.45) is 0.465. The van der Waals surface area contributed by atoms with Crippen LogP contribution in [0.5, 0.6) is 0 Å². The topological polar surface area (TPSA) is 46.3 Å². The van der Waals surface area contributed by atoms with Gasteiger partial charge in [-0.05, 0) is 17.5 Å². The molecule has 1 fully saturated rings. The largest absolute Gasteiger partial charge is 0.326 e. The molecule has 0 aromatic heterocycles. The third kappa shape index (κ3) is 1.95. The molecule has 1 atom stereocenters. The molecule has 1 saturated heterocycles. The standard InChI is InChI=1S/C13H18N2O/c1-9(2)11-5-3-4-6-12(11)15-8-10(14)7-13(15)16/h3-6,9-10H,7-8,14H2,1-2H3. The van der Waals surface area contributed by atoms with Gasteiger partial charge in [0.2, 0.25) is 5.91 Å². The number of hydrogen-bond acceptors (Lipinski definition) is 2. The van der Waals surface area contributed by atoms with Gasteiger partial charge < -0.3 is 10.6 Å². The van der Waals surface area contributed by atoms with E-state index in [9.17, 15) is 4.79 Å². The van der Waals surface area contributed by atoms with Gasteiger partial charge in [-0.15, -0.1) is 0 Å². The van der Waals surface area contributed by atoms with Gasteiger partial charge >= 0.3 is 0 Å². The van der Waals surface area contributed by atoms with E-state index >= 15 is 0 Å². The van der Waals surface area contributed by atoms with Crippen molar-refractivity contribution >= 4 is 11.6 Å². The molecule has 1 aliphatic heterocycles. The van der Waals surface area contributed by atoms with Crippen molar-refractivity contribution in [1.82, 2.24) is 0 Å². The number of rotatable bonds is 2. The number of carbonyl (C=O) groups excluding carboxylic acids is 1. The van der Waals surface area contributed by atoms with Crippen LogP contribution in [0.2, 0.25) is 0 Å². The van der Waals surface area contributed by atoms with Crippen molar-refractivity contribution in [3.8, 4) is 0 Å². The summed E-state index contributed by atoms with van der Waals surface area (Å²) in [6, 6.07) is 8.05. The summed E-state index contributed by atoms with van der Waals surface area (Å²) in [5.41, 5.74) is 8.05. The van der Waals surface area contributed by atoms with Crippen molar-refractivity contribution in [2.75, 3.05) is 11.4 Å². The Morgan fingerprint density at radius 2 is 2.06 bits per heavy atom. The van der Waals surface area contributed by atoms with Crippen molar-refractivity contribution in [3.63, 3.8) is 0 Å². The Morgan fingerprint density at radius 1 is 1.38 bits per heavy atom. The first-order valence-corrected chi connectivity index (χ1v) is 5.74. The number of nitrogens with zero attached hydrogens (tertiary/aromatic N) is 1. The summed E-state index contributed by atoms with van der Waals surface area (Å²) in [5.74, 6) is 0.557. The van der Waals surface area contributed by atoms with Crippen LogP contribution in [0.15, 0.2) is 24.3 Å². The summed E-state index contributed by atoms with van der Waals surface area (Å²) in [7, 11) is 0. The van der Waals surface area contributed by atoms with Crippen LogP contribution >= 0.6 is 0 Å². The van der Waals surface area contributed by atoms with E-state index in [1.54, 1.807) is 0 Å². The molecule has 1 unspecified atom stereocenters. The van der Waals surface area contributed by atoms with E-state index in [1.165, 1.54) is 5.56 Å². The Morgan fingerprint density at radius 3 is 2.62 bits per heavy atom. The number of para-hydroxylation sites is 1. The average Bonchev–Trinajstić information content (AvgIpc) is 2.57. The first-order valence-electron chi connectivity index (χ1n) is 5.74. The lowest BCUT2D eigenvalue weighted by Gasteiger charge is -2.21. The number of nitrogens with two attached hydrogens (primary N) is 1. The van der Waals surface area contributed by atoms with E-state index in [0.29, 0.717) is 18.9 Å². The highest BCUT2D eigenvalue weighted by Gasteiger charge is 2.29. The van der Waals surface area contributed by atoms with Crippen LogP contribution in [0.3, 0.4) is 0 Å². The molecule has 1 aromatic rings. The normalized spacial score (nSPS) is 20.9. The van der Waals surface area contributed by atoms with Gasteiger partial charge in [0.25, 0.3) is 0 Å². The van der Waals surface area contributed by atoms with Crippen molar-refractivity contribution in [1.29, 1.82) is 0 Å². The summed E-state index contributed by atoms with van der Waals surface area (Å²) in [6.45, 7) is 4.92. The van der Waals surface area contributed by atoms with Crippen molar-refractivity contribution in [3.05, 3.63) is 29.8 Å². The molecular weight excluding hydrogens is 200 g/mol. The molecule has 86 valence electrons. The van der Waals surface area contributed by atoms with E-state index in [0.717, 1.165) is 5.69 Å². The van der Waals surface area contributed by atoms with Crippen LogP contribution < -0.4 is 10.6 Å². The highest BCUT2D eigenvalue weighted by Crippen LogP contribution is 2.29. The fraction of sp³-hybridized carbons (Fsp3) is 0.462. The Hall–Kier alpha value is -1.35. The SMILES string of the molecule is CC(C)c1ccccc1N1CC(N)CC1=O. The zero-order valence-electron chi connectivity index (χ0n) is 9.81. The third-order valence-electron chi connectivity index (χ3n) is 3.00. The van der Waals surface area contributed by atoms with E-state index in [-0.39, 0.29) is 11.9 Å². The quantitative estimate of drug-likeness (QED) is 0.823. The Bertz CT molecular complexity index is 401. The number of amides is 1. The van der Waals surface area contributed by atoms with Gasteiger partial charge in [0.15, 0.2) is 0 Å². The predicted molar refractivity (Wildman–Crippen MR) is 65.5 cm³/mol.